The Labute approximate surface area is 205 Å². The minimum atomic E-state index is -0.236. The van der Waals surface area contributed by atoms with Gasteiger partial charge in [0.1, 0.15) is 23.7 Å². The van der Waals surface area contributed by atoms with Crippen LogP contribution in [0.1, 0.15) is 37.2 Å². The van der Waals surface area contributed by atoms with E-state index >= 15 is 0 Å². The Balaban J connectivity index is 0.00000141. The second-order valence-corrected chi connectivity index (χ2v) is 8.15. The predicted molar refractivity (Wildman–Crippen MR) is 135 cm³/mol. The van der Waals surface area contributed by atoms with Gasteiger partial charge in [0.15, 0.2) is 0 Å². The van der Waals surface area contributed by atoms with Crippen molar-refractivity contribution in [3.63, 3.8) is 0 Å². The Hall–Kier alpha value is -3.43. The summed E-state index contributed by atoms with van der Waals surface area (Å²) in [5, 5.41) is 8.54. The van der Waals surface area contributed by atoms with Gasteiger partial charge in [-0.2, -0.15) is 5.10 Å². The SMILES string of the molecule is CC.COCCOc1ccn2c(C(=O)Nc3cccc4c3cnn4CC3CCOCC3)cnc2c1. The maximum atomic E-state index is 13.1. The number of methoxy groups -OCH3 is 1. The van der Waals surface area contributed by atoms with Crippen LogP contribution in [0.5, 0.6) is 5.75 Å². The molecule has 0 atom stereocenters. The van der Waals surface area contributed by atoms with E-state index in [4.69, 9.17) is 14.2 Å². The number of imidazole rings is 1. The van der Waals surface area contributed by atoms with Gasteiger partial charge in [-0.05, 0) is 37.0 Å². The number of carbonyl (C=O) groups excluding carboxylic acids is 1. The Bertz CT molecular complexity index is 1260. The fraction of sp³-hybridized carbons (Fsp3) is 0.423. The molecule has 35 heavy (non-hydrogen) atoms. The van der Waals surface area contributed by atoms with E-state index in [1.807, 2.05) is 49.0 Å². The Morgan fingerprint density at radius 1 is 1.17 bits per heavy atom. The molecule has 0 aliphatic carbocycles. The molecule has 1 saturated heterocycles. The van der Waals surface area contributed by atoms with Crippen LogP contribution in [0.4, 0.5) is 5.69 Å². The fourth-order valence-electron chi connectivity index (χ4n) is 4.18. The van der Waals surface area contributed by atoms with Gasteiger partial charge in [-0.25, -0.2) is 4.98 Å². The van der Waals surface area contributed by atoms with E-state index in [1.54, 1.807) is 30.0 Å². The molecule has 1 aliphatic heterocycles. The van der Waals surface area contributed by atoms with Crippen molar-refractivity contribution < 1.29 is 19.0 Å². The first kappa shape index (κ1) is 24.7. The third-order valence-electron chi connectivity index (χ3n) is 5.98. The number of aromatic nitrogens is 4. The van der Waals surface area contributed by atoms with Crippen molar-refractivity contribution in [3.05, 3.63) is 54.6 Å². The van der Waals surface area contributed by atoms with Crippen LogP contribution in [-0.2, 0) is 16.0 Å². The molecule has 0 spiro atoms. The minimum absolute atomic E-state index is 0.236. The zero-order valence-electron chi connectivity index (χ0n) is 20.6. The summed E-state index contributed by atoms with van der Waals surface area (Å²) < 4.78 is 19.9. The van der Waals surface area contributed by atoms with Crippen molar-refractivity contribution in [2.24, 2.45) is 5.92 Å². The molecule has 0 radical (unpaired) electrons. The van der Waals surface area contributed by atoms with Gasteiger partial charge in [0, 0.05) is 44.5 Å². The normalized spacial score (nSPS) is 14.0. The third-order valence-corrected chi connectivity index (χ3v) is 5.98. The number of carbonyl (C=O) groups is 1. The molecule has 9 heteroatoms. The molecule has 5 rings (SSSR count). The molecule has 0 saturated carbocycles. The Kier molecular flexibility index (Phi) is 8.33. The average Bonchev–Trinajstić information content (AvgIpc) is 3.51. The molecule has 0 bridgehead atoms. The number of nitrogens with zero attached hydrogens (tertiary/aromatic N) is 4. The minimum Gasteiger partial charge on any atom is -0.491 e. The van der Waals surface area contributed by atoms with Gasteiger partial charge < -0.3 is 19.5 Å². The number of amides is 1. The average molecular weight is 480 g/mol. The molecular weight excluding hydrogens is 446 g/mol. The highest BCUT2D eigenvalue weighted by Gasteiger charge is 2.18. The summed E-state index contributed by atoms with van der Waals surface area (Å²) in [4.78, 5) is 17.5. The summed E-state index contributed by atoms with van der Waals surface area (Å²) in [5.41, 5.74) is 2.82. The number of benzene rings is 1. The Morgan fingerprint density at radius 3 is 2.80 bits per heavy atom. The highest BCUT2D eigenvalue weighted by atomic mass is 16.5. The van der Waals surface area contributed by atoms with Crippen LogP contribution in [0.3, 0.4) is 0 Å². The van der Waals surface area contributed by atoms with Crippen molar-refractivity contribution in [2.45, 2.75) is 33.2 Å². The molecule has 1 N–H and O–H groups in total. The molecule has 1 fully saturated rings. The first-order chi connectivity index (χ1) is 17.2. The van der Waals surface area contributed by atoms with Crippen molar-refractivity contribution in [1.82, 2.24) is 19.2 Å². The number of ether oxygens (including phenoxy) is 3. The molecular formula is C26H33N5O4. The van der Waals surface area contributed by atoms with Crippen molar-refractivity contribution in [2.75, 3.05) is 38.9 Å². The van der Waals surface area contributed by atoms with Crippen LogP contribution in [0.25, 0.3) is 16.6 Å². The molecule has 1 aromatic carbocycles. The summed E-state index contributed by atoms with van der Waals surface area (Å²) in [6, 6.07) is 9.48. The van der Waals surface area contributed by atoms with Gasteiger partial charge in [-0.3, -0.25) is 13.9 Å². The van der Waals surface area contributed by atoms with Crippen LogP contribution < -0.4 is 10.1 Å². The van der Waals surface area contributed by atoms with E-state index in [-0.39, 0.29) is 5.91 Å². The van der Waals surface area contributed by atoms with Gasteiger partial charge in [0.05, 0.1) is 30.2 Å². The van der Waals surface area contributed by atoms with E-state index in [2.05, 4.69) is 15.4 Å². The lowest BCUT2D eigenvalue weighted by atomic mass is 10.0. The molecule has 1 aliphatic rings. The molecule has 186 valence electrons. The summed E-state index contributed by atoms with van der Waals surface area (Å²) in [6.07, 6.45) is 7.27. The summed E-state index contributed by atoms with van der Waals surface area (Å²) in [5.74, 6) is 1.00. The third kappa shape index (κ3) is 5.63. The molecule has 0 unspecified atom stereocenters. The van der Waals surface area contributed by atoms with Crippen LogP contribution in [0.15, 0.2) is 48.9 Å². The number of fused-ring (bicyclic) bond motifs is 2. The van der Waals surface area contributed by atoms with Crippen LogP contribution >= 0.6 is 0 Å². The fourth-order valence-corrected chi connectivity index (χ4v) is 4.18. The van der Waals surface area contributed by atoms with Crippen LogP contribution in [0.2, 0.25) is 0 Å². The summed E-state index contributed by atoms with van der Waals surface area (Å²) in [6.45, 7) is 7.43. The number of rotatable bonds is 8. The molecule has 1 amide bonds. The zero-order valence-corrected chi connectivity index (χ0v) is 20.6. The van der Waals surface area contributed by atoms with Crippen molar-refractivity contribution >= 4 is 28.1 Å². The lowest BCUT2D eigenvalue weighted by Crippen LogP contribution is -2.20. The predicted octanol–water partition coefficient (Wildman–Crippen LogP) is 4.41. The first-order valence-electron chi connectivity index (χ1n) is 12.2. The summed E-state index contributed by atoms with van der Waals surface area (Å²) in [7, 11) is 1.63. The lowest BCUT2D eigenvalue weighted by molar-refractivity contribution is 0.0605. The topological polar surface area (TPSA) is 91.9 Å². The lowest BCUT2D eigenvalue weighted by Gasteiger charge is -2.22. The van der Waals surface area contributed by atoms with Crippen molar-refractivity contribution in [1.29, 1.82) is 0 Å². The second kappa shape index (κ2) is 11.8. The number of hydrogen-bond acceptors (Lipinski definition) is 6. The van der Waals surface area contributed by atoms with Crippen molar-refractivity contribution in [3.8, 4) is 5.75 Å². The molecule has 4 heterocycles. The van der Waals surface area contributed by atoms with E-state index in [1.165, 1.54) is 0 Å². The monoisotopic (exact) mass is 479 g/mol. The van der Waals surface area contributed by atoms with Gasteiger partial charge >= 0.3 is 0 Å². The maximum absolute atomic E-state index is 13.1. The first-order valence-corrected chi connectivity index (χ1v) is 12.2. The Morgan fingerprint density at radius 2 is 2.00 bits per heavy atom. The quantitative estimate of drug-likeness (QED) is 0.376. The smallest absolute Gasteiger partial charge is 0.274 e. The summed E-state index contributed by atoms with van der Waals surface area (Å²) >= 11 is 0. The van der Waals surface area contributed by atoms with Gasteiger partial charge in [0.25, 0.3) is 5.91 Å². The standard InChI is InChI=1S/C24H27N5O4.C2H6/c1-31-11-12-33-18-5-8-28-22(15-25-23(28)13-18)24(30)27-20-3-2-4-21-19(20)14-26-29(21)16-17-6-9-32-10-7-17;1-2/h2-5,8,13-15,17H,6-7,9-12,16H2,1H3,(H,27,30);1-2H3. The second-order valence-electron chi connectivity index (χ2n) is 8.15. The van der Waals surface area contributed by atoms with E-state index < -0.39 is 0 Å². The highest BCUT2D eigenvalue weighted by molar-refractivity contribution is 6.08. The number of hydrogen-bond donors (Lipinski definition) is 1. The largest absolute Gasteiger partial charge is 0.491 e. The molecule has 3 aromatic heterocycles. The maximum Gasteiger partial charge on any atom is 0.274 e. The molecule has 9 nitrogen and oxygen atoms in total. The van der Waals surface area contributed by atoms with Gasteiger partial charge in [-0.1, -0.05) is 19.9 Å². The number of pyridine rings is 1. The van der Waals surface area contributed by atoms with Crippen LogP contribution in [-0.4, -0.2) is 58.6 Å². The van der Waals surface area contributed by atoms with Gasteiger partial charge in [-0.15, -0.1) is 0 Å². The van der Waals surface area contributed by atoms with Gasteiger partial charge in [0.2, 0.25) is 0 Å². The number of nitrogens with one attached hydrogen (secondary N) is 1. The molecule has 4 aromatic rings. The van der Waals surface area contributed by atoms with Crippen LogP contribution in [0, 0.1) is 5.92 Å². The highest BCUT2D eigenvalue weighted by Crippen LogP contribution is 2.26. The van der Waals surface area contributed by atoms with E-state index in [9.17, 15) is 4.79 Å². The zero-order chi connectivity index (χ0) is 24.6. The van der Waals surface area contributed by atoms with E-state index in [0.717, 1.165) is 49.2 Å². The number of anilines is 1. The van der Waals surface area contributed by atoms with E-state index in [0.29, 0.717) is 36.2 Å².